The average molecular weight is 521 g/mol. The lowest BCUT2D eigenvalue weighted by Crippen LogP contribution is -2.48. The Morgan fingerprint density at radius 1 is 1.03 bits per heavy atom. The SMILES string of the molecule is COC[C@H](C)Nc1ncc2c(-c3ccc(CN4CCN(C(C)C)CC4)cc3)cn([C@H]3CC[C@H](O)CC3)c2n1. The Balaban J connectivity index is 1.38. The molecule has 2 N–H and O–H groups in total. The Kier molecular flexibility index (Phi) is 8.63. The van der Waals surface area contributed by atoms with Crippen molar-refractivity contribution in [2.75, 3.05) is 45.2 Å². The molecule has 8 heteroatoms. The lowest BCUT2D eigenvalue weighted by atomic mass is 9.93. The van der Waals surface area contributed by atoms with Crippen molar-refractivity contribution in [1.82, 2.24) is 24.3 Å². The molecule has 0 unspecified atom stereocenters. The van der Waals surface area contributed by atoms with E-state index >= 15 is 0 Å². The molecule has 1 aromatic carbocycles. The minimum atomic E-state index is -0.185. The highest BCUT2D eigenvalue weighted by Gasteiger charge is 2.25. The highest BCUT2D eigenvalue weighted by atomic mass is 16.5. The minimum Gasteiger partial charge on any atom is -0.393 e. The monoisotopic (exact) mass is 520 g/mol. The van der Waals surface area contributed by atoms with Crippen LogP contribution in [0.5, 0.6) is 0 Å². The molecule has 8 nitrogen and oxygen atoms in total. The number of hydrogen-bond donors (Lipinski definition) is 2. The standard InChI is InChI=1S/C30H44N6O2/c1-21(2)35-15-13-34(14-16-35)18-23-5-7-24(8-6-23)28-19-36(25-9-11-26(37)12-10-25)29-27(28)17-31-30(33-29)32-22(3)20-38-4/h5-8,17,19,21-22,25-26,37H,9-16,18,20H2,1-4H3,(H,31,32,33)/t22-,25-,26-/m0/s1. The zero-order valence-corrected chi connectivity index (χ0v) is 23.4. The van der Waals surface area contributed by atoms with Crippen LogP contribution < -0.4 is 5.32 Å². The van der Waals surface area contributed by atoms with E-state index in [4.69, 9.17) is 9.72 Å². The Morgan fingerprint density at radius 3 is 2.39 bits per heavy atom. The van der Waals surface area contributed by atoms with Gasteiger partial charge in [-0.1, -0.05) is 24.3 Å². The summed E-state index contributed by atoms with van der Waals surface area (Å²) in [7, 11) is 1.70. The molecule has 3 aromatic rings. The summed E-state index contributed by atoms with van der Waals surface area (Å²) in [6.45, 7) is 12.8. The molecule has 2 aromatic heterocycles. The van der Waals surface area contributed by atoms with Crippen LogP contribution in [-0.4, -0.2) is 87.5 Å². The van der Waals surface area contributed by atoms with Crippen molar-refractivity contribution in [2.45, 2.75) is 77.2 Å². The van der Waals surface area contributed by atoms with Gasteiger partial charge in [-0.25, -0.2) is 4.98 Å². The van der Waals surface area contributed by atoms with Crippen molar-refractivity contribution in [2.24, 2.45) is 0 Å². The van der Waals surface area contributed by atoms with Crippen LogP contribution in [0.3, 0.4) is 0 Å². The Labute approximate surface area is 227 Å². The second-order valence-corrected chi connectivity index (χ2v) is 11.4. The van der Waals surface area contributed by atoms with Gasteiger partial charge in [0.15, 0.2) is 0 Å². The van der Waals surface area contributed by atoms with Gasteiger partial charge in [-0.2, -0.15) is 4.98 Å². The first-order valence-corrected chi connectivity index (χ1v) is 14.3. The summed E-state index contributed by atoms with van der Waals surface area (Å²) >= 11 is 0. The summed E-state index contributed by atoms with van der Waals surface area (Å²) in [5.74, 6) is 0.622. The number of aliphatic hydroxyl groups is 1. The summed E-state index contributed by atoms with van der Waals surface area (Å²) in [4.78, 5) is 14.7. The van der Waals surface area contributed by atoms with Crippen LogP contribution >= 0.6 is 0 Å². The maximum absolute atomic E-state index is 10.1. The lowest BCUT2D eigenvalue weighted by Gasteiger charge is -2.36. The number of benzene rings is 1. The van der Waals surface area contributed by atoms with Gasteiger partial charge in [-0.3, -0.25) is 9.80 Å². The van der Waals surface area contributed by atoms with E-state index in [2.05, 4.69) is 75.9 Å². The number of rotatable bonds is 9. The van der Waals surface area contributed by atoms with Gasteiger partial charge < -0.3 is 19.7 Å². The van der Waals surface area contributed by atoms with E-state index in [0.29, 0.717) is 24.6 Å². The molecular weight excluding hydrogens is 476 g/mol. The largest absolute Gasteiger partial charge is 0.393 e. The van der Waals surface area contributed by atoms with E-state index in [-0.39, 0.29) is 12.1 Å². The third kappa shape index (κ3) is 6.20. The fourth-order valence-corrected chi connectivity index (χ4v) is 5.94. The molecule has 1 aliphatic heterocycles. The Hall–Kier alpha value is -2.52. The molecule has 5 rings (SSSR count). The zero-order valence-electron chi connectivity index (χ0n) is 23.4. The van der Waals surface area contributed by atoms with Gasteiger partial charge in [-0.15, -0.1) is 0 Å². The van der Waals surface area contributed by atoms with Crippen molar-refractivity contribution in [3.63, 3.8) is 0 Å². The lowest BCUT2D eigenvalue weighted by molar-refractivity contribution is 0.104. The molecule has 0 radical (unpaired) electrons. The molecule has 2 aliphatic rings. The predicted molar refractivity (Wildman–Crippen MR) is 153 cm³/mol. The van der Waals surface area contributed by atoms with Crippen molar-refractivity contribution >= 4 is 17.0 Å². The van der Waals surface area contributed by atoms with E-state index in [0.717, 1.165) is 69.4 Å². The number of nitrogens with one attached hydrogen (secondary N) is 1. The predicted octanol–water partition coefficient (Wildman–Crippen LogP) is 4.55. The number of piperazine rings is 1. The second-order valence-electron chi connectivity index (χ2n) is 11.4. The van der Waals surface area contributed by atoms with Crippen LogP contribution in [-0.2, 0) is 11.3 Å². The number of fused-ring (bicyclic) bond motifs is 1. The van der Waals surface area contributed by atoms with E-state index < -0.39 is 0 Å². The van der Waals surface area contributed by atoms with Crippen LogP contribution in [0.1, 0.15) is 58.1 Å². The van der Waals surface area contributed by atoms with E-state index in [1.807, 2.05) is 6.20 Å². The topological polar surface area (TPSA) is 78.7 Å². The van der Waals surface area contributed by atoms with Gasteiger partial charge in [0, 0.05) is 81.3 Å². The Morgan fingerprint density at radius 2 is 1.74 bits per heavy atom. The van der Waals surface area contributed by atoms with Gasteiger partial charge >= 0.3 is 0 Å². The van der Waals surface area contributed by atoms with Crippen LogP contribution in [0.15, 0.2) is 36.7 Å². The summed E-state index contributed by atoms with van der Waals surface area (Å²) in [6, 6.07) is 10.1. The summed E-state index contributed by atoms with van der Waals surface area (Å²) in [5.41, 5.74) is 4.66. The number of ether oxygens (including phenoxy) is 1. The first-order chi connectivity index (χ1) is 18.4. The number of aromatic nitrogens is 3. The van der Waals surface area contributed by atoms with Crippen molar-refractivity contribution in [1.29, 1.82) is 0 Å². The first kappa shape index (κ1) is 27.1. The summed E-state index contributed by atoms with van der Waals surface area (Å²) in [6.07, 6.45) is 7.61. The van der Waals surface area contributed by atoms with Gasteiger partial charge in [0.05, 0.1) is 12.7 Å². The second kappa shape index (κ2) is 12.1. The molecule has 1 aliphatic carbocycles. The minimum absolute atomic E-state index is 0.117. The van der Waals surface area contributed by atoms with E-state index in [1.165, 1.54) is 16.7 Å². The van der Waals surface area contributed by atoms with Crippen molar-refractivity contribution in [3.05, 3.63) is 42.2 Å². The molecule has 0 bridgehead atoms. The number of anilines is 1. The first-order valence-electron chi connectivity index (χ1n) is 14.3. The van der Waals surface area contributed by atoms with E-state index in [1.54, 1.807) is 7.11 Å². The van der Waals surface area contributed by atoms with Gasteiger partial charge in [0.1, 0.15) is 5.65 Å². The maximum atomic E-state index is 10.1. The fraction of sp³-hybridized carbons (Fsp3) is 0.600. The molecule has 0 amide bonds. The third-order valence-electron chi connectivity index (χ3n) is 8.23. The quantitative estimate of drug-likeness (QED) is 0.429. The van der Waals surface area contributed by atoms with Crippen LogP contribution in [0.4, 0.5) is 5.95 Å². The van der Waals surface area contributed by atoms with Crippen molar-refractivity contribution in [3.8, 4) is 11.1 Å². The number of aliphatic hydroxyl groups excluding tert-OH is 1. The fourth-order valence-electron chi connectivity index (χ4n) is 5.94. The highest BCUT2D eigenvalue weighted by Crippen LogP contribution is 2.37. The number of methoxy groups -OCH3 is 1. The van der Waals surface area contributed by atoms with Crippen LogP contribution in [0.25, 0.3) is 22.2 Å². The van der Waals surface area contributed by atoms with Crippen molar-refractivity contribution < 1.29 is 9.84 Å². The number of hydrogen-bond acceptors (Lipinski definition) is 7. The molecule has 0 spiro atoms. The molecule has 1 saturated heterocycles. The Bertz CT molecular complexity index is 1180. The van der Waals surface area contributed by atoms with E-state index in [9.17, 15) is 5.11 Å². The molecule has 38 heavy (non-hydrogen) atoms. The normalized spacial score (nSPS) is 22.3. The van der Waals surface area contributed by atoms with Crippen LogP contribution in [0.2, 0.25) is 0 Å². The van der Waals surface area contributed by atoms with Gasteiger partial charge in [-0.05, 0) is 57.6 Å². The smallest absolute Gasteiger partial charge is 0.224 e. The molecule has 2 fully saturated rings. The number of nitrogens with zero attached hydrogens (tertiary/aromatic N) is 5. The molecular formula is C30H44N6O2. The molecule has 1 atom stereocenters. The molecule has 206 valence electrons. The zero-order chi connectivity index (χ0) is 26.6. The van der Waals surface area contributed by atoms with Gasteiger partial charge in [0.2, 0.25) is 5.95 Å². The highest BCUT2D eigenvalue weighted by molar-refractivity contribution is 5.94. The van der Waals surface area contributed by atoms with Crippen LogP contribution in [0, 0.1) is 0 Å². The molecule has 3 heterocycles. The molecule has 1 saturated carbocycles. The average Bonchev–Trinajstić information content (AvgIpc) is 3.29. The summed E-state index contributed by atoms with van der Waals surface area (Å²) < 4.78 is 7.60. The summed E-state index contributed by atoms with van der Waals surface area (Å²) in [5, 5.41) is 14.5. The van der Waals surface area contributed by atoms with Gasteiger partial charge in [0.25, 0.3) is 0 Å². The maximum Gasteiger partial charge on any atom is 0.224 e. The third-order valence-corrected chi connectivity index (χ3v) is 8.23.